The third-order valence-electron chi connectivity index (χ3n) is 5.89. The lowest BCUT2D eigenvalue weighted by atomic mass is 9.77. The molecule has 0 unspecified atom stereocenters. The summed E-state index contributed by atoms with van der Waals surface area (Å²) in [4.78, 5) is 10.8. The molecule has 4 rings (SSSR count). The Balaban J connectivity index is 1.34. The summed E-state index contributed by atoms with van der Waals surface area (Å²) in [5.41, 5.74) is 0.842. The van der Waals surface area contributed by atoms with Gasteiger partial charge in [0.2, 0.25) is 10.0 Å². The predicted molar refractivity (Wildman–Crippen MR) is 105 cm³/mol. The van der Waals surface area contributed by atoms with Gasteiger partial charge >= 0.3 is 0 Å². The van der Waals surface area contributed by atoms with Crippen molar-refractivity contribution in [1.82, 2.24) is 19.2 Å². The second-order valence-electron chi connectivity index (χ2n) is 7.80. The van der Waals surface area contributed by atoms with Gasteiger partial charge in [0.1, 0.15) is 4.90 Å². The average Bonchev–Trinajstić information content (AvgIpc) is 2.69. The zero-order valence-corrected chi connectivity index (χ0v) is 16.9. The monoisotopic (exact) mass is 402 g/mol. The number of sulfonamides is 1. The predicted octanol–water partition coefficient (Wildman–Crippen LogP) is 1.78. The molecule has 1 atom stereocenters. The SMILES string of the molecule is CN1CC[C@@H](COCc2ccccn2)CC12CN(S(=O)(=O)c1cccnc1)C2. The van der Waals surface area contributed by atoms with Crippen LogP contribution in [0.15, 0.2) is 53.8 Å². The van der Waals surface area contributed by atoms with Crippen LogP contribution in [-0.2, 0) is 21.4 Å². The molecule has 2 aromatic rings. The third kappa shape index (κ3) is 3.82. The Labute approximate surface area is 166 Å². The Morgan fingerprint density at radius 1 is 1.21 bits per heavy atom. The van der Waals surface area contributed by atoms with Crippen LogP contribution < -0.4 is 0 Å². The smallest absolute Gasteiger partial charge is 0.244 e. The van der Waals surface area contributed by atoms with Crippen molar-refractivity contribution in [2.75, 3.05) is 33.3 Å². The van der Waals surface area contributed by atoms with Crippen LogP contribution in [0.1, 0.15) is 18.5 Å². The molecule has 2 fully saturated rings. The van der Waals surface area contributed by atoms with E-state index in [0.717, 1.165) is 25.1 Å². The number of ether oxygens (including phenoxy) is 1. The number of hydrogen-bond donors (Lipinski definition) is 0. The number of likely N-dealkylation sites (tertiary alicyclic amines) is 1. The van der Waals surface area contributed by atoms with Crippen LogP contribution in [-0.4, -0.2) is 66.4 Å². The molecule has 1 spiro atoms. The third-order valence-corrected chi connectivity index (χ3v) is 7.67. The molecule has 0 aliphatic carbocycles. The Morgan fingerprint density at radius 3 is 2.79 bits per heavy atom. The standard InChI is InChI=1S/C20H26N4O3S/c1-23-10-7-17(13-27-14-18-5-2-3-9-22-18)11-20(23)15-24(16-20)28(25,26)19-6-4-8-21-12-19/h2-6,8-9,12,17H,7,10-11,13-16H2,1H3/t17-/m1/s1. The van der Waals surface area contributed by atoms with Crippen molar-refractivity contribution in [1.29, 1.82) is 0 Å². The number of piperidine rings is 1. The molecule has 150 valence electrons. The fraction of sp³-hybridized carbons (Fsp3) is 0.500. The highest BCUT2D eigenvalue weighted by Gasteiger charge is 2.53. The summed E-state index contributed by atoms with van der Waals surface area (Å²) in [6.07, 6.45) is 6.79. The summed E-state index contributed by atoms with van der Waals surface area (Å²) in [5.74, 6) is 0.433. The van der Waals surface area contributed by atoms with E-state index in [0.29, 0.717) is 32.2 Å². The van der Waals surface area contributed by atoms with E-state index in [4.69, 9.17) is 4.74 Å². The van der Waals surface area contributed by atoms with Crippen LogP contribution in [0.3, 0.4) is 0 Å². The molecular weight excluding hydrogens is 376 g/mol. The highest BCUT2D eigenvalue weighted by atomic mass is 32.2. The maximum Gasteiger partial charge on any atom is 0.244 e. The zero-order chi connectivity index (χ0) is 19.6. The molecule has 0 saturated carbocycles. The molecule has 8 heteroatoms. The zero-order valence-electron chi connectivity index (χ0n) is 16.1. The average molecular weight is 403 g/mol. The topological polar surface area (TPSA) is 75.6 Å². The fourth-order valence-corrected chi connectivity index (χ4v) is 5.73. The van der Waals surface area contributed by atoms with Gasteiger partial charge in [-0.3, -0.25) is 14.9 Å². The van der Waals surface area contributed by atoms with E-state index in [1.807, 2.05) is 18.2 Å². The number of hydrogen-bond acceptors (Lipinski definition) is 6. The molecule has 2 aliphatic heterocycles. The molecule has 0 bridgehead atoms. The summed E-state index contributed by atoms with van der Waals surface area (Å²) in [6, 6.07) is 9.08. The van der Waals surface area contributed by atoms with E-state index in [1.165, 1.54) is 6.20 Å². The molecule has 4 heterocycles. The van der Waals surface area contributed by atoms with Crippen LogP contribution >= 0.6 is 0 Å². The Kier molecular flexibility index (Phi) is 5.46. The fourth-order valence-electron chi connectivity index (χ4n) is 4.16. The molecule has 2 aromatic heterocycles. The highest BCUT2D eigenvalue weighted by Crippen LogP contribution is 2.40. The van der Waals surface area contributed by atoms with Crippen LogP contribution in [0.25, 0.3) is 0 Å². The van der Waals surface area contributed by atoms with Crippen molar-refractivity contribution in [2.24, 2.45) is 5.92 Å². The van der Waals surface area contributed by atoms with Gasteiger partial charge in [0.25, 0.3) is 0 Å². The Bertz CT molecular complexity index is 886. The molecule has 0 N–H and O–H groups in total. The van der Waals surface area contributed by atoms with Gasteiger partial charge in [-0.05, 0) is 56.6 Å². The molecule has 2 saturated heterocycles. The number of pyridine rings is 2. The van der Waals surface area contributed by atoms with Crippen molar-refractivity contribution in [2.45, 2.75) is 29.9 Å². The van der Waals surface area contributed by atoms with Crippen LogP contribution in [0.5, 0.6) is 0 Å². The lowest BCUT2D eigenvalue weighted by molar-refractivity contribution is -0.0602. The first-order chi connectivity index (χ1) is 13.5. The summed E-state index contributed by atoms with van der Waals surface area (Å²) in [7, 11) is -1.37. The van der Waals surface area contributed by atoms with Gasteiger partial charge in [-0.2, -0.15) is 4.31 Å². The quantitative estimate of drug-likeness (QED) is 0.733. The largest absolute Gasteiger partial charge is 0.375 e. The van der Waals surface area contributed by atoms with Gasteiger partial charge in [-0.1, -0.05) is 6.07 Å². The van der Waals surface area contributed by atoms with Crippen molar-refractivity contribution in [3.8, 4) is 0 Å². The van der Waals surface area contributed by atoms with E-state index >= 15 is 0 Å². The van der Waals surface area contributed by atoms with Gasteiger partial charge < -0.3 is 4.74 Å². The maximum absolute atomic E-state index is 12.8. The maximum atomic E-state index is 12.8. The minimum Gasteiger partial charge on any atom is -0.375 e. The minimum absolute atomic E-state index is 0.0907. The first-order valence-corrected chi connectivity index (χ1v) is 11.0. The molecule has 7 nitrogen and oxygen atoms in total. The normalized spacial score (nSPS) is 22.8. The second kappa shape index (κ2) is 7.87. The van der Waals surface area contributed by atoms with Gasteiger partial charge in [0.05, 0.1) is 18.9 Å². The van der Waals surface area contributed by atoms with Gasteiger partial charge in [-0.15, -0.1) is 0 Å². The van der Waals surface area contributed by atoms with E-state index in [1.54, 1.807) is 28.8 Å². The van der Waals surface area contributed by atoms with Crippen molar-refractivity contribution < 1.29 is 13.2 Å². The summed E-state index contributed by atoms with van der Waals surface area (Å²) in [6.45, 7) is 3.20. The van der Waals surface area contributed by atoms with Crippen molar-refractivity contribution in [3.63, 3.8) is 0 Å². The van der Waals surface area contributed by atoms with Crippen LogP contribution in [0.2, 0.25) is 0 Å². The molecule has 0 aromatic carbocycles. The van der Waals surface area contributed by atoms with Crippen LogP contribution in [0, 0.1) is 5.92 Å². The molecule has 28 heavy (non-hydrogen) atoms. The minimum atomic E-state index is -3.47. The van der Waals surface area contributed by atoms with Crippen molar-refractivity contribution in [3.05, 3.63) is 54.6 Å². The molecule has 0 radical (unpaired) electrons. The first kappa shape index (κ1) is 19.4. The lowest BCUT2D eigenvalue weighted by Gasteiger charge is -2.57. The van der Waals surface area contributed by atoms with Gasteiger partial charge in [-0.25, -0.2) is 8.42 Å². The van der Waals surface area contributed by atoms with Gasteiger partial charge in [0.15, 0.2) is 0 Å². The number of aromatic nitrogens is 2. The van der Waals surface area contributed by atoms with E-state index in [2.05, 4.69) is 21.9 Å². The van der Waals surface area contributed by atoms with Gasteiger partial charge in [0, 0.05) is 37.2 Å². The van der Waals surface area contributed by atoms with E-state index < -0.39 is 10.0 Å². The number of rotatable bonds is 6. The lowest BCUT2D eigenvalue weighted by Crippen LogP contribution is -2.72. The second-order valence-corrected chi connectivity index (χ2v) is 9.74. The Morgan fingerprint density at radius 2 is 2.07 bits per heavy atom. The summed E-state index contributed by atoms with van der Waals surface area (Å²) >= 11 is 0. The molecule has 0 amide bonds. The Hall–Kier alpha value is -1.87. The number of nitrogens with zero attached hydrogens (tertiary/aromatic N) is 4. The molecule has 2 aliphatic rings. The van der Waals surface area contributed by atoms with Crippen molar-refractivity contribution >= 4 is 10.0 Å². The highest BCUT2D eigenvalue weighted by molar-refractivity contribution is 7.89. The van der Waals surface area contributed by atoms with E-state index in [9.17, 15) is 8.42 Å². The molecular formula is C20H26N4O3S. The van der Waals surface area contributed by atoms with E-state index in [-0.39, 0.29) is 10.4 Å². The van der Waals surface area contributed by atoms with Crippen LogP contribution in [0.4, 0.5) is 0 Å². The summed E-state index contributed by atoms with van der Waals surface area (Å²) in [5, 5.41) is 0. The summed E-state index contributed by atoms with van der Waals surface area (Å²) < 4.78 is 33.1. The number of likely N-dealkylation sites (N-methyl/N-ethyl adjacent to an activating group) is 1. The first-order valence-electron chi connectivity index (χ1n) is 9.59.